The molecular formula is C16H25N3O4S2. The topological polar surface area (TPSA) is 118 Å². The van der Waals surface area contributed by atoms with Gasteiger partial charge in [-0.05, 0) is 30.4 Å². The van der Waals surface area contributed by atoms with Crippen LogP contribution in [0.2, 0.25) is 0 Å². The van der Waals surface area contributed by atoms with Crippen molar-refractivity contribution >= 4 is 33.2 Å². The van der Waals surface area contributed by atoms with Gasteiger partial charge < -0.3 is 10.6 Å². The van der Waals surface area contributed by atoms with Gasteiger partial charge in [0.2, 0.25) is 21.8 Å². The van der Waals surface area contributed by atoms with Crippen LogP contribution in [0.3, 0.4) is 0 Å². The maximum absolute atomic E-state index is 12.2. The number of nitrogens with two attached hydrogens (primary N) is 1. The Morgan fingerprint density at radius 2 is 1.88 bits per heavy atom. The first kappa shape index (κ1) is 19.9. The lowest BCUT2D eigenvalue weighted by Gasteiger charge is -2.37. The molecule has 0 atom stereocenters. The number of amides is 2. The first-order valence-corrected chi connectivity index (χ1v) is 10.7. The van der Waals surface area contributed by atoms with Gasteiger partial charge in [0.15, 0.2) is 0 Å². The van der Waals surface area contributed by atoms with Crippen molar-refractivity contribution in [3.05, 3.63) is 17.0 Å². The van der Waals surface area contributed by atoms with Crippen LogP contribution in [0.5, 0.6) is 0 Å². The quantitative estimate of drug-likeness (QED) is 0.650. The molecule has 9 heteroatoms. The molecule has 7 nitrogen and oxygen atoms in total. The molecule has 1 aliphatic rings. The third-order valence-electron chi connectivity index (χ3n) is 4.64. The van der Waals surface area contributed by atoms with Gasteiger partial charge in [-0.25, -0.2) is 13.6 Å². The first-order chi connectivity index (χ1) is 11.7. The summed E-state index contributed by atoms with van der Waals surface area (Å²) in [6.45, 7) is 0.465. The molecule has 0 aromatic carbocycles. The lowest BCUT2D eigenvalue weighted by atomic mass is 9.71. The molecule has 1 heterocycles. The number of carbonyl (C=O) groups is 2. The molecule has 0 radical (unpaired) electrons. The van der Waals surface area contributed by atoms with Crippen molar-refractivity contribution in [1.82, 2.24) is 10.6 Å². The number of hydrogen-bond acceptors (Lipinski definition) is 5. The second-order valence-electron chi connectivity index (χ2n) is 6.63. The highest BCUT2D eigenvalue weighted by Gasteiger charge is 2.34. The standard InChI is InChI=1S/C16H25N3O4S2/c1-18-14(21)10-16(7-3-2-4-8-16)11-19-13(20)9-12-5-6-15(24-12)25(17,22)23/h5-6H,2-4,7-11H2,1H3,(H,18,21)(H,19,20)(H2,17,22,23). The fourth-order valence-corrected chi connectivity index (χ4v) is 5.04. The first-order valence-electron chi connectivity index (χ1n) is 8.33. The molecule has 0 bridgehead atoms. The van der Waals surface area contributed by atoms with E-state index < -0.39 is 10.0 Å². The van der Waals surface area contributed by atoms with E-state index in [-0.39, 0.29) is 27.9 Å². The molecule has 0 unspecified atom stereocenters. The summed E-state index contributed by atoms with van der Waals surface area (Å²) in [7, 11) is -2.11. The molecule has 0 spiro atoms. The predicted molar refractivity (Wildman–Crippen MR) is 96.6 cm³/mol. The van der Waals surface area contributed by atoms with E-state index in [0.717, 1.165) is 43.4 Å². The maximum Gasteiger partial charge on any atom is 0.247 e. The zero-order valence-electron chi connectivity index (χ0n) is 14.3. The Bertz CT molecular complexity index is 721. The predicted octanol–water partition coefficient (Wildman–Crippen LogP) is 1.14. The van der Waals surface area contributed by atoms with Crippen molar-refractivity contribution in [3.8, 4) is 0 Å². The largest absolute Gasteiger partial charge is 0.359 e. The summed E-state index contributed by atoms with van der Waals surface area (Å²) in [5.41, 5.74) is -0.185. The molecule has 0 aliphatic heterocycles. The molecule has 1 aromatic heterocycles. The number of hydrogen-bond donors (Lipinski definition) is 3. The highest BCUT2D eigenvalue weighted by molar-refractivity contribution is 7.91. The number of rotatable bonds is 7. The molecule has 1 aromatic rings. The second-order valence-corrected chi connectivity index (χ2v) is 9.59. The average molecular weight is 388 g/mol. The Labute approximate surface area is 152 Å². The van der Waals surface area contributed by atoms with Crippen molar-refractivity contribution < 1.29 is 18.0 Å². The highest BCUT2D eigenvalue weighted by atomic mass is 32.2. The van der Waals surface area contributed by atoms with Crippen molar-refractivity contribution in [1.29, 1.82) is 0 Å². The SMILES string of the molecule is CNC(=O)CC1(CNC(=O)Cc2ccc(S(N)(=O)=O)s2)CCCCC1. The van der Waals surface area contributed by atoms with E-state index in [9.17, 15) is 18.0 Å². The van der Waals surface area contributed by atoms with E-state index in [1.807, 2.05) is 0 Å². The van der Waals surface area contributed by atoms with Gasteiger partial charge in [0, 0.05) is 24.9 Å². The summed E-state index contributed by atoms with van der Waals surface area (Å²) in [6.07, 6.45) is 5.67. The van der Waals surface area contributed by atoms with Gasteiger partial charge >= 0.3 is 0 Å². The Morgan fingerprint density at radius 3 is 2.44 bits per heavy atom. The molecule has 140 valence electrons. The van der Waals surface area contributed by atoms with Crippen LogP contribution < -0.4 is 15.8 Å². The van der Waals surface area contributed by atoms with Gasteiger partial charge in [0.05, 0.1) is 6.42 Å². The zero-order valence-corrected chi connectivity index (χ0v) is 16.0. The maximum atomic E-state index is 12.2. The number of nitrogens with one attached hydrogen (secondary N) is 2. The summed E-state index contributed by atoms with van der Waals surface area (Å²) in [5.74, 6) is -0.183. The average Bonchev–Trinajstić information content (AvgIpc) is 3.02. The summed E-state index contributed by atoms with van der Waals surface area (Å²) < 4.78 is 22.6. The molecule has 2 rings (SSSR count). The van der Waals surface area contributed by atoms with Crippen LogP contribution in [-0.2, 0) is 26.0 Å². The van der Waals surface area contributed by atoms with E-state index in [1.165, 1.54) is 6.07 Å². The molecular weight excluding hydrogens is 362 g/mol. The van der Waals surface area contributed by atoms with E-state index in [4.69, 9.17) is 5.14 Å². The minimum atomic E-state index is -3.73. The van der Waals surface area contributed by atoms with E-state index in [0.29, 0.717) is 17.8 Å². The monoisotopic (exact) mass is 387 g/mol. The van der Waals surface area contributed by atoms with Crippen LogP contribution in [0.1, 0.15) is 43.4 Å². The fourth-order valence-electron chi connectivity index (χ4n) is 3.26. The number of thiophene rings is 1. The van der Waals surface area contributed by atoms with Crippen LogP contribution in [0.4, 0.5) is 0 Å². The minimum absolute atomic E-state index is 0.00722. The Morgan fingerprint density at radius 1 is 1.20 bits per heavy atom. The lowest BCUT2D eigenvalue weighted by Crippen LogP contribution is -2.42. The van der Waals surface area contributed by atoms with Gasteiger partial charge in [0.1, 0.15) is 4.21 Å². The van der Waals surface area contributed by atoms with Crippen LogP contribution in [0.15, 0.2) is 16.3 Å². The van der Waals surface area contributed by atoms with Gasteiger partial charge in [-0.15, -0.1) is 11.3 Å². The molecule has 4 N–H and O–H groups in total. The summed E-state index contributed by atoms with van der Waals surface area (Å²) in [5, 5.41) is 10.7. The molecule has 1 saturated carbocycles. The number of primary sulfonamides is 1. The van der Waals surface area contributed by atoms with Crippen molar-refractivity contribution in [3.63, 3.8) is 0 Å². The van der Waals surface area contributed by atoms with Crippen molar-refractivity contribution in [2.24, 2.45) is 10.6 Å². The third kappa shape index (κ3) is 5.79. The Kier molecular flexibility index (Phi) is 6.59. The Hall–Kier alpha value is -1.45. The Balaban J connectivity index is 1.94. The summed E-state index contributed by atoms with van der Waals surface area (Å²) in [4.78, 5) is 24.7. The third-order valence-corrected chi connectivity index (χ3v) is 7.17. The molecule has 0 saturated heterocycles. The van der Waals surface area contributed by atoms with Crippen LogP contribution in [0.25, 0.3) is 0 Å². The van der Waals surface area contributed by atoms with Crippen LogP contribution >= 0.6 is 11.3 Å². The van der Waals surface area contributed by atoms with Gasteiger partial charge in [-0.1, -0.05) is 19.3 Å². The fraction of sp³-hybridized carbons (Fsp3) is 0.625. The minimum Gasteiger partial charge on any atom is -0.359 e. The van der Waals surface area contributed by atoms with Gasteiger partial charge in [0.25, 0.3) is 0 Å². The molecule has 2 amide bonds. The van der Waals surface area contributed by atoms with Crippen LogP contribution in [0, 0.1) is 5.41 Å². The zero-order chi connectivity index (χ0) is 18.5. The second kappa shape index (κ2) is 8.29. The van der Waals surface area contributed by atoms with E-state index >= 15 is 0 Å². The smallest absolute Gasteiger partial charge is 0.247 e. The summed E-state index contributed by atoms with van der Waals surface area (Å²) in [6, 6.07) is 3.02. The van der Waals surface area contributed by atoms with Crippen molar-refractivity contribution in [2.45, 2.75) is 49.2 Å². The molecule has 1 fully saturated rings. The van der Waals surface area contributed by atoms with E-state index in [2.05, 4.69) is 10.6 Å². The number of sulfonamides is 1. The van der Waals surface area contributed by atoms with Gasteiger partial charge in [-0.2, -0.15) is 0 Å². The summed E-state index contributed by atoms with van der Waals surface area (Å²) >= 11 is 1.01. The molecule has 1 aliphatic carbocycles. The highest BCUT2D eigenvalue weighted by Crippen LogP contribution is 2.38. The molecule has 25 heavy (non-hydrogen) atoms. The van der Waals surface area contributed by atoms with Crippen LogP contribution in [-0.4, -0.2) is 33.8 Å². The number of carbonyl (C=O) groups excluding carboxylic acids is 2. The normalized spacial score (nSPS) is 17.0. The van der Waals surface area contributed by atoms with Gasteiger partial charge in [-0.3, -0.25) is 9.59 Å². The van der Waals surface area contributed by atoms with E-state index in [1.54, 1.807) is 13.1 Å². The van der Waals surface area contributed by atoms with Crippen molar-refractivity contribution in [2.75, 3.05) is 13.6 Å². The lowest BCUT2D eigenvalue weighted by molar-refractivity contribution is -0.125.